The van der Waals surface area contributed by atoms with Crippen molar-refractivity contribution in [1.29, 1.82) is 0 Å². The molecule has 2 aromatic carbocycles. The Bertz CT molecular complexity index is 687. The molecule has 2 aromatic rings. The van der Waals surface area contributed by atoms with Crippen LogP contribution in [0.2, 0.25) is 0 Å². The molecule has 0 saturated carbocycles. The van der Waals surface area contributed by atoms with Gasteiger partial charge in [-0.05, 0) is 23.8 Å². The fourth-order valence-electron chi connectivity index (χ4n) is 1.90. The molecule has 0 aromatic heterocycles. The molecule has 0 bridgehead atoms. The first-order chi connectivity index (χ1) is 11.3. The molecule has 0 spiro atoms. The van der Waals surface area contributed by atoms with E-state index >= 15 is 0 Å². The first kappa shape index (κ1) is 17.6. The summed E-state index contributed by atoms with van der Waals surface area (Å²) in [6.07, 6.45) is -4.80. The number of rotatable bonds is 5. The van der Waals surface area contributed by atoms with Crippen LogP contribution in [0.1, 0.15) is 11.1 Å². The topological polar surface area (TPSA) is 50.4 Å². The molecule has 2 amide bonds. The number of hydrogen-bond donors (Lipinski definition) is 2. The molecule has 8 heteroatoms. The highest BCUT2D eigenvalue weighted by molar-refractivity contribution is 5.73. The van der Waals surface area contributed by atoms with Gasteiger partial charge >= 0.3 is 12.4 Å². The second-order valence-corrected chi connectivity index (χ2v) is 4.82. The van der Waals surface area contributed by atoms with E-state index in [9.17, 15) is 22.4 Å². The van der Waals surface area contributed by atoms with Crippen molar-refractivity contribution in [3.63, 3.8) is 0 Å². The van der Waals surface area contributed by atoms with E-state index in [1.54, 1.807) is 0 Å². The Kier molecular flexibility index (Phi) is 5.62. The number of nitrogens with one attached hydrogen (secondary N) is 2. The fraction of sp³-hybridized carbons (Fsp3) is 0.188. The fourth-order valence-corrected chi connectivity index (χ4v) is 1.90. The summed E-state index contributed by atoms with van der Waals surface area (Å²) in [7, 11) is 0. The van der Waals surface area contributed by atoms with Crippen LogP contribution >= 0.6 is 0 Å². The van der Waals surface area contributed by atoms with Gasteiger partial charge in [0.2, 0.25) is 0 Å². The number of urea groups is 1. The number of hydrogen-bond acceptors (Lipinski definition) is 2. The Hall–Kier alpha value is -2.77. The zero-order chi connectivity index (χ0) is 17.6. The standard InChI is InChI=1S/C16H14F4N2O2/c17-13-7-5-11(6-8-13)9-21-15(23)22-10-12-3-1-2-4-14(12)24-16(18,19)20/h1-8H,9-10H2,(H2,21,22,23). The summed E-state index contributed by atoms with van der Waals surface area (Å²) in [6, 6.07) is 10.5. The highest BCUT2D eigenvalue weighted by Crippen LogP contribution is 2.25. The predicted octanol–water partition coefficient (Wildman–Crippen LogP) is 3.72. The summed E-state index contributed by atoms with van der Waals surface area (Å²) in [5, 5.41) is 4.96. The number of alkyl halides is 3. The number of amides is 2. The summed E-state index contributed by atoms with van der Waals surface area (Å²) < 4.78 is 53.6. The zero-order valence-corrected chi connectivity index (χ0v) is 12.4. The number of benzene rings is 2. The highest BCUT2D eigenvalue weighted by atomic mass is 19.4. The van der Waals surface area contributed by atoms with Gasteiger partial charge in [0.05, 0.1) is 0 Å². The van der Waals surface area contributed by atoms with Crippen molar-refractivity contribution in [2.24, 2.45) is 0 Å². The van der Waals surface area contributed by atoms with Crippen LogP contribution in [0.3, 0.4) is 0 Å². The minimum atomic E-state index is -4.80. The monoisotopic (exact) mass is 342 g/mol. The van der Waals surface area contributed by atoms with Gasteiger partial charge in [0, 0.05) is 18.7 Å². The second-order valence-electron chi connectivity index (χ2n) is 4.82. The van der Waals surface area contributed by atoms with E-state index in [0.29, 0.717) is 5.56 Å². The summed E-state index contributed by atoms with van der Waals surface area (Å²) in [4.78, 5) is 11.7. The minimum Gasteiger partial charge on any atom is -0.405 e. The summed E-state index contributed by atoms with van der Waals surface area (Å²) in [5.41, 5.74) is 0.874. The molecule has 128 valence electrons. The predicted molar refractivity (Wildman–Crippen MR) is 78.6 cm³/mol. The summed E-state index contributed by atoms with van der Waals surface area (Å²) >= 11 is 0. The van der Waals surface area contributed by atoms with Crippen LogP contribution < -0.4 is 15.4 Å². The molecule has 0 aliphatic heterocycles. The zero-order valence-electron chi connectivity index (χ0n) is 12.4. The van der Waals surface area contributed by atoms with Crippen LogP contribution in [-0.4, -0.2) is 12.4 Å². The molecular weight excluding hydrogens is 328 g/mol. The average molecular weight is 342 g/mol. The van der Waals surface area contributed by atoms with Crippen molar-refractivity contribution in [2.75, 3.05) is 0 Å². The molecule has 0 fully saturated rings. The van der Waals surface area contributed by atoms with Crippen LogP contribution in [-0.2, 0) is 13.1 Å². The quantitative estimate of drug-likeness (QED) is 0.814. The maximum absolute atomic E-state index is 12.8. The van der Waals surface area contributed by atoms with Gasteiger partial charge in [0.25, 0.3) is 0 Å². The normalized spacial score (nSPS) is 11.0. The van der Waals surface area contributed by atoms with E-state index in [0.717, 1.165) is 0 Å². The highest BCUT2D eigenvalue weighted by Gasteiger charge is 2.31. The number of para-hydroxylation sites is 1. The van der Waals surface area contributed by atoms with Crippen LogP contribution in [0, 0.1) is 5.82 Å². The van der Waals surface area contributed by atoms with Gasteiger partial charge in [-0.3, -0.25) is 0 Å². The Morgan fingerprint density at radius 1 is 0.958 bits per heavy atom. The molecule has 24 heavy (non-hydrogen) atoms. The van der Waals surface area contributed by atoms with Gasteiger partial charge in [0.1, 0.15) is 11.6 Å². The van der Waals surface area contributed by atoms with Crippen molar-refractivity contribution in [1.82, 2.24) is 10.6 Å². The molecule has 0 radical (unpaired) electrons. The molecule has 0 saturated heterocycles. The first-order valence-electron chi connectivity index (χ1n) is 6.93. The van der Waals surface area contributed by atoms with Crippen LogP contribution in [0.5, 0.6) is 5.75 Å². The summed E-state index contributed by atoms with van der Waals surface area (Å²) in [6.45, 7) is 0.0221. The lowest BCUT2D eigenvalue weighted by atomic mass is 10.2. The Balaban J connectivity index is 1.86. The second kappa shape index (κ2) is 7.67. The van der Waals surface area contributed by atoms with E-state index in [1.807, 2.05) is 0 Å². The molecule has 0 unspecified atom stereocenters. The van der Waals surface area contributed by atoms with E-state index in [4.69, 9.17) is 0 Å². The van der Waals surface area contributed by atoms with Gasteiger partial charge in [-0.2, -0.15) is 0 Å². The van der Waals surface area contributed by atoms with Crippen molar-refractivity contribution >= 4 is 6.03 Å². The first-order valence-corrected chi connectivity index (χ1v) is 6.93. The molecule has 0 heterocycles. The molecule has 2 rings (SSSR count). The van der Waals surface area contributed by atoms with Crippen molar-refractivity contribution in [3.8, 4) is 5.75 Å². The van der Waals surface area contributed by atoms with Crippen LogP contribution in [0.4, 0.5) is 22.4 Å². The number of ether oxygens (including phenoxy) is 1. The maximum Gasteiger partial charge on any atom is 0.573 e. The van der Waals surface area contributed by atoms with Crippen molar-refractivity contribution < 1.29 is 27.1 Å². The lowest BCUT2D eigenvalue weighted by Crippen LogP contribution is -2.34. The number of halogens is 4. The third kappa shape index (κ3) is 5.79. The number of carbonyl (C=O) groups excluding carboxylic acids is 1. The van der Waals surface area contributed by atoms with E-state index < -0.39 is 12.4 Å². The van der Waals surface area contributed by atoms with E-state index in [-0.39, 0.29) is 30.2 Å². The SMILES string of the molecule is O=C(NCc1ccc(F)cc1)NCc1ccccc1OC(F)(F)F. The van der Waals surface area contributed by atoms with Gasteiger partial charge in [-0.25, -0.2) is 9.18 Å². The molecular formula is C16H14F4N2O2. The van der Waals surface area contributed by atoms with Crippen LogP contribution in [0.25, 0.3) is 0 Å². The third-order valence-electron chi connectivity index (χ3n) is 3.00. The molecule has 0 aliphatic carbocycles. The van der Waals surface area contributed by atoms with Gasteiger partial charge in [-0.1, -0.05) is 30.3 Å². The number of carbonyl (C=O) groups is 1. The van der Waals surface area contributed by atoms with Crippen molar-refractivity contribution in [2.45, 2.75) is 19.5 Å². The Labute approximate surface area is 135 Å². The molecule has 0 atom stereocenters. The van der Waals surface area contributed by atoms with Crippen LogP contribution in [0.15, 0.2) is 48.5 Å². The lowest BCUT2D eigenvalue weighted by molar-refractivity contribution is -0.274. The molecule has 0 aliphatic rings. The van der Waals surface area contributed by atoms with Gasteiger partial charge < -0.3 is 15.4 Å². The van der Waals surface area contributed by atoms with Gasteiger partial charge in [-0.15, -0.1) is 13.2 Å². The maximum atomic E-state index is 12.8. The smallest absolute Gasteiger partial charge is 0.405 e. The summed E-state index contributed by atoms with van der Waals surface area (Å²) in [5.74, 6) is -0.756. The Morgan fingerprint density at radius 2 is 1.58 bits per heavy atom. The lowest BCUT2D eigenvalue weighted by Gasteiger charge is -2.14. The van der Waals surface area contributed by atoms with E-state index in [1.165, 1.54) is 48.5 Å². The minimum absolute atomic E-state index is 0.137. The van der Waals surface area contributed by atoms with Crippen molar-refractivity contribution in [3.05, 3.63) is 65.5 Å². The average Bonchev–Trinajstić information content (AvgIpc) is 2.52. The van der Waals surface area contributed by atoms with Gasteiger partial charge in [0.15, 0.2) is 0 Å². The third-order valence-corrected chi connectivity index (χ3v) is 3.00. The molecule has 2 N–H and O–H groups in total. The molecule has 4 nitrogen and oxygen atoms in total. The Morgan fingerprint density at radius 3 is 2.25 bits per heavy atom. The largest absolute Gasteiger partial charge is 0.573 e. The van der Waals surface area contributed by atoms with E-state index in [2.05, 4.69) is 15.4 Å².